The Labute approximate surface area is 215 Å². The number of carboxylic acid groups (broad SMARTS) is 1. The molecule has 2 aliphatic rings. The number of carbonyl (C=O) groups is 1. The number of aliphatic carboxylic acids is 1. The van der Waals surface area contributed by atoms with Crippen molar-refractivity contribution in [3.8, 4) is 5.75 Å². The number of ether oxygens (including phenoxy) is 1. The number of likely N-dealkylation sites (tertiary alicyclic amines) is 1. The van der Waals surface area contributed by atoms with Crippen LogP contribution in [0.25, 0.3) is 0 Å². The van der Waals surface area contributed by atoms with Gasteiger partial charge in [-0.3, -0.25) is 19.1 Å². The Morgan fingerprint density at radius 3 is 2.13 bits per heavy atom. The van der Waals surface area contributed by atoms with E-state index in [0.29, 0.717) is 19.0 Å². The van der Waals surface area contributed by atoms with Crippen molar-refractivity contribution in [3.63, 3.8) is 0 Å². The van der Waals surface area contributed by atoms with Gasteiger partial charge in [0.2, 0.25) is 0 Å². The predicted molar refractivity (Wildman–Crippen MR) is 131 cm³/mol. The Bertz CT molecular complexity index is 1420. The fourth-order valence-electron chi connectivity index (χ4n) is 4.77. The van der Waals surface area contributed by atoms with Gasteiger partial charge in [0.15, 0.2) is 0 Å². The lowest BCUT2D eigenvalue weighted by Gasteiger charge is -2.18. The number of fused-ring (bicyclic) bond motifs is 3. The normalized spacial score (nSPS) is 18.3. The molecule has 2 unspecified atom stereocenters. The van der Waals surface area contributed by atoms with E-state index in [1.165, 1.54) is 10.2 Å². The molecule has 2 aliphatic heterocycles. The quantitative estimate of drug-likeness (QED) is 0.504. The summed E-state index contributed by atoms with van der Waals surface area (Å²) in [5, 5.41) is 11.8. The number of hydrogen-bond donors (Lipinski definition) is 1. The van der Waals surface area contributed by atoms with Crippen LogP contribution < -0.4 is 15.9 Å². The van der Waals surface area contributed by atoms with Crippen molar-refractivity contribution in [2.45, 2.75) is 38.7 Å². The van der Waals surface area contributed by atoms with Crippen LogP contribution in [0.15, 0.2) is 58.1 Å². The lowest BCUT2D eigenvalue weighted by Crippen LogP contribution is -2.44. The first-order valence-corrected chi connectivity index (χ1v) is 11.9. The van der Waals surface area contributed by atoms with Crippen molar-refractivity contribution in [3.05, 3.63) is 91.8 Å². The number of methoxy groups -OCH3 is 1. The van der Waals surface area contributed by atoms with Gasteiger partial charge >= 0.3 is 23.3 Å². The molecule has 2 atom stereocenters. The molecule has 1 saturated heterocycles. The van der Waals surface area contributed by atoms with Crippen LogP contribution in [0.3, 0.4) is 0 Å². The van der Waals surface area contributed by atoms with E-state index in [1.807, 2.05) is 43.3 Å². The van der Waals surface area contributed by atoms with Gasteiger partial charge in [0, 0.05) is 38.0 Å². The van der Waals surface area contributed by atoms with Gasteiger partial charge in [-0.2, -0.15) is 18.3 Å². The molecular formula is C26H27F3N4O5. The van der Waals surface area contributed by atoms with Gasteiger partial charge in [-0.05, 0) is 30.2 Å². The minimum absolute atomic E-state index is 0.177. The van der Waals surface area contributed by atoms with Crippen LogP contribution in [0.5, 0.6) is 5.75 Å². The summed E-state index contributed by atoms with van der Waals surface area (Å²) in [6.45, 7) is 5.50. The predicted octanol–water partition coefficient (Wildman–Crippen LogP) is 2.63. The summed E-state index contributed by atoms with van der Waals surface area (Å²) in [7, 11) is 1.67. The highest BCUT2D eigenvalue weighted by atomic mass is 19.4. The van der Waals surface area contributed by atoms with E-state index in [2.05, 4.69) is 22.1 Å². The molecule has 3 aromatic rings. The number of carboxylic acids is 1. The first-order chi connectivity index (χ1) is 18.0. The number of halogens is 3. The highest BCUT2D eigenvalue weighted by Crippen LogP contribution is 2.37. The monoisotopic (exact) mass is 532 g/mol. The maximum absolute atomic E-state index is 12.8. The largest absolute Gasteiger partial charge is 0.497 e. The maximum atomic E-state index is 12.8. The Morgan fingerprint density at radius 1 is 0.974 bits per heavy atom. The molecule has 12 heteroatoms. The molecule has 0 aliphatic carbocycles. The van der Waals surface area contributed by atoms with Gasteiger partial charge in [0.05, 0.1) is 13.7 Å². The zero-order chi connectivity index (χ0) is 27.6. The summed E-state index contributed by atoms with van der Waals surface area (Å²) in [6, 6.07) is 16.1. The molecule has 9 nitrogen and oxygen atoms in total. The molecule has 5 rings (SSSR count). The summed E-state index contributed by atoms with van der Waals surface area (Å²) in [6.07, 6.45) is -5.08. The number of aromatic nitrogens is 3. The molecule has 1 aromatic heterocycles. The number of hydrogen-bond acceptors (Lipinski definition) is 6. The van der Waals surface area contributed by atoms with Crippen molar-refractivity contribution < 1.29 is 27.8 Å². The minimum Gasteiger partial charge on any atom is -0.497 e. The van der Waals surface area contributed by atoms with Crippen LogP contribution in [0.4, 0.5) is 13.2 Å². The summed E-state index contributed by atoms with van der Waals surface area (Å²) >= 11 is 0. The van der Waals surface area contributed by atoms with Gasteiger partial charge in [0.1, 0.15) is 11.6 Å². The summed E-state index contributed by atoms with van der Waals surface area (Å²) in [5.41, 5.74) is 2.36. The molecule has 0 bridgehead atoms. The van der Waals surface area contributed by atoms with Crippen molar-refractivity contribution in [1.82, 2.24) is 19.2 Å². The molecule has 3 heterocycles. The topological polar surface area (TPSA) is 107 Å². The van der Waals surface area contributed by atoms with Crippen molar-refractivity contribution in [2.24, 2.45) is 5.92 Å². The van der Waals surface area contributed by atoms with E-state index in [-0.39, 0.29) is 5.92 Å². The molecule has 0 radical (unpaired) electrons. The molecule has 0 spiro atoms. The Kier molecular flexibility index (Phi) is 7.72. The van der Waals surface area contributed by atoms with Gasteiger partial charge in [-0.15, -0.1) is 0 Å². The SMILES string of the molecule is COc1ccc(CN2CC3Cn4c(nn(Cc5ccc(C)cc5)c(=O)c4=O)C3C2)cc1.O=C(O)C(F)(F)F. The second-order valence-electron chi connectivity index (χ2n) is 9.43. The van der Waals surface area contributed by atoms with Crippen molar-refractivity contribution >= 4 is 5.97 Å². The molecule has 1 N–H and O–H groups in total. The number of aryl methyl sites for hydroxylation is 1. The maximum Gasteiger partial charge on any atom is 0.490 e. The van der Waals surface area contributed by atoms with E-state index in [1.54, 1.807) is 11.7 Å². The minimum atomic E-state index is -5.08. The highest BCUT2D eigenvalue weighted by Gasteiger charge is 2.42. The van der Waals surface area contributed by atoms with E-state index >= 15 is 0 Å². The van der Waals surface area contributed by atoms with E-state index in [0.717, 1.165) is 42.3 Å². The molecule has 2 aromatic carbocycles. The van der Waals surface area contributed by atoms with Crippen molar-refractivity contribution in [2.75, 3.05) is 20.2 Å². The number of rotatable bonds is 5. The number of alkyl halides is 3. The lowest BCUT2D eigenvalue weighted by molar-refractivity contribution is -0.192. The average molecular weight is 533 g/mol. The molecule has 38 heavy (non-hydrogen) atoms. The fourth-order valence-corrected chi connectivity index (χ4v) is 4.77. The first kappa shape index (κ1) is 27.1. The van der Waals surface area contributed by atoms with E-state index < -0.39 is 23.3 Å². The van der Waals surface area contributed by atoms with E-state index in [9.17, 15) is 22.8 Å². The molecule has 1 fully saturated rings. The summed E-state index contributed by atoms with van der Waals surface area (Å²) < 4.78 is 39.9. The van der Waals surface area contributed by atoms with Gasteiger partial charge in [-0.1, -0.05) is 42.0 Å². The number of benzene rings is 2. The Balaban J connectivity index is 0.000000426. The van der Waals surface area contributed by atoms with Gasteiger partial charge in [0.25, 0.3) is 0 Å². The van der Waals surface area contributed by atoms with E-state index in [4.69, 9.17) is 14.6 Å². The third-order valence-electron chi connectivity index (χ3n) is 6.69. The summed E-state index contributed by atoms with van der Waals surface area (Å²) in [5.74, 6) is -0.665. The zero-order valence-electron chi connectivity index (χ0n) is 20.8. The lowest BCUT2D eigenvalue weighted by atomic mass is 10.00. The third kappa shape index (κ3) is 5.96. The highest BCUT2D eigenvalue weighted by molar-refractivity contribution is 5.73. The summed E-state index contributed by atoms with van der Waals surface area (Å²) in [4.78, 5) is 36.7. The molecule has 202 valence electrons. The van der Waals surface area contributed by atoms with Crippen LogP contribution in [-0.4, -0.2) is 56.7 Å². The zero-order valence-corrected chi connectivity index (χ0v) is 20.8. The van der Waals surface area contributed by atoms with Crippen molar-refractivity contribution in [1.29, 1.82) is 0 Å². The molecular weight excluding hydrogens is 505 g/mol. The van der Waals surface area contributed by atoms with Crippen LogP contribution in [0.1, 0.15) is 28.4 Å². The smallest absolute Gasteiger partial charge is 0.490 e. The number of nitrogens with zero attached hydrogens (tertiary/aromatic N) is 4. The Morgan fingerprint density at radius 2 is 1.55 bits per heavy atom. The molecule has 0 saturated carbocycles. The van der Waals surface area contributed by atoms with Crippen LogP contribution in [-0.2, 0) is 24.4 Å². The molecule has 0 amide bonds. The Hall–Kier alpha value is -3.93. The first-order valence-electron chi connectivity index (χ1n) is 11.9. The second-order valence-corrected chi connectivity index (χ2v) is 9.43. The second kappa shape index (κ2) is 10.8. The van der Waals surface area contributed by atoms with Crippen LogP contribution in [0.2, 0.25) is 0 Å². The fraction of sp³-hybridized carbons (Fsp3) is 0.385. The third-order valence-corrected chi connectivity index (χ3v) is 6.69. The standard InChI is InChI=1S/C24H26N4O3.C2HF3O2/c1-16-3-5-18(6-4-16)12-28-24(30)23(29)27-14-19-13-26(15-21(19)22(27)25-28)11-17-7-9-20(31-2)10-8-17;3-2(4,5)1(6)7/h3-10,19,21H,11-15H2,1-2H3;(H,6,7). The van der Waals surface area contributed by atoms with Crippen LogP contribution in [0, 0.1) is 12.8 Å². The van der Waals surface area contributed by atoms with Gasteiger partial charge < -0.3 is 9.84 Å². The van der Waals surface area contributed by atoms with Crippen LogP contribution >= 0.6 is 0 Å². The average Bonchev–Trinajstić information content (AvgIpc) is 3.42. The van der Waals surface area contributed by atoms with Gasteiger partial charge in [-0.25, -0.2) is 9.48 Å².